The number of carbonyl (C=O) groups excluding carboxylic acids is 1. The number of aromatic nitrogens is 1. The summed E-state index contributed by atoms with van der Waals surface area (Å²) in [6.45, 7) is 2.46. The van der Waals surface area contributed by atoms with Crippen molar-refractivity contribution in [1.29, 1.82) is 0 Å². The van der Waals surface area contributed by atoms with Gasteiger partial charge in [0.05, 0.1) is 0 Å². The van der Waals surface area contributed by atoms with E-state index in [1.165, 1.54) is 19.0 Å². The van der Waals surface area contributed by atoms with Crippen molar-refractivity contribution in [1.82, 2.24) is 18.9 Å². The Labute approximate surface area is 168 Å². The van der Waals surface area contributed by atoms with E-state index in [2.05, 4.69) is 9.71 Å². The molecule has 3 rings (SSSR count). The molecule has 0 aliphatic carbocycles. The summed E-state index contributed by atoms with van der Waals surface area (Å²) in [6, 6.07) is 2.74. The summed E-state index contributed by atoms with van der Waals surface area (Å²) in [5.74, 6) is -2.08. The monoisotopic (exact) mass is 424 g/mol. The standard InChI is InChI=1S/C19H22F2N4O3S/c1-12-18(10-23-29(27,28)24(2)3)17-4-5-25(11-14(17)9-22-12)19(26)13-6-15(20)8-16(21)7-13/h6-9,23H,4-5,10-11H2,1-3H3. The highest BCUT2D eigenvalue weighted by Gasteiger charge is 2.26. The second kappa shape index (κ2) is 8.13. The van der Waals surface area contributed by atoms with Crippen LogP contribution in [0.3, 0.4) is 0 Å². The molecule has 1 amide bonds. The quantitative estimate of drug-likeness (QED) is 0.793. The van der Waals surface area contributed by atoms with Crippen LogP contribution in [-0.4, -0.2) is 49.2 Å². The fourth-order valence-electron chi connectivity index (χ4n) is 3.28. The van der Waals surface area contributed by atoms with Crippen molar-refractivity contribution in [3.63, 3.8) is 0 Å². The number of nitrogens with zero attached hydrogens (tertiary/aromatic N) is 3. The van der Waals surface area contributed by atoms with E-state index in [4.69, 9.17) is 0 Å². The first-order valence-corrected chi connectivity index (χ1v) is 10.4. The molecule has 156 valence electrons. The molecule has 0 bridgehead atoms. The lowest BCUT2D eigenvalue weighted by atomic mass is 9.94. The Morgan fingerprint density at radius 3 is 2.52 bits per heavy atom. The van der Waals surface area contributed by atoms with Crippen LogP contribution in [0.25, 0.3) is 0 Å². The zero-order valence-electron chi connectivity index (χ0n) is 16.4. The van der Waals surface area contributed by atoms with Crippen molar-refractivity contribution in [2.24, 2.45) is 0 Å². The minimum Gasteiger partial charge on any atom is -0.334 e. The fourth-order valence-corrected chi connectivity index (χ4v) is 3.87. The van der Waals surface area contributed by atoms with E-state index in [0.29, 0.717) is 18.7 Å². The number of hydrogen-bond acceptors (Lipinski definition) is 4. The van der Waals surface area contributed by atoms with E-state index in [1.54, 1.807) is 13.1 Å². The van der Waals surface area contributed by atoms with Gasteiger partial charge in [-0.3, -0.25) is 9.78 Å². The van der Waals surface area contributed by atoms with Gasteiger partial charge in [0.1, 0.15) is 11.6 Å². The molecule has 1 aliphatic rings. The largest absolute Gasteiger partial charge is 0.334 e. The molecule has 29 heavy (non-hydrogen) atoms. The minimum atomic E-state index is -3.59. The van der Waals surface area contributed by atoms with Crippen LogP contribution in [0.4, 0.5) is 8.78 Å². The number of carbonyl (C=O) groups is 1. The smallest absolute Gasteiger partial charge is 0.279 e. The molecule has 1 N–H and O–H groups in total. The topological polar surface area (TPSA) is 82.6 Å². The van der Waals surface area contributed by atoms with Gasteiger partial charge in [0.15, 0.2) is 0 Å². The molecule has 0 atom stereocenters. The van der Waals surface area contributed by atoms with E-state index < -0.39 is 27.8 Å². The molecule has 1 aliphatic heterocycles. The molecule has 2 heterocycles. The van der Waals surface area contributed by atoms with Crippen molar-refractivity contribution in [3.8, 4) is 0 Å². The molecule has 0 spiro atoms. The van der Waals surface area contributed by atoms with Gasteiger partial charge in [0.2, 0.25) is 0 Å². The Morgan fingerprint density at radius 1 is 1.24 bits per heavy atom. The third kappa shape index (κ3) is 4.60. The number of pyridine rings is 1. The van der Waals surface area contributed by atoms with E-state index >= 15 is 0 Å². The Hall–Kier alpha value is -2.43. The van der Waals surface area contributed by atoms with E-state index in [1.807, 2.05) is 0 Å². The maximum Gasteiger partial charge on any atom is 0.279 e. The highest BCUT2D eigenvalue weighted by molar-refractivity contribution is 7.87. The highest BCUT2D eigenvalue weighted by atomic mass is 32.2. The van der Waals surface area contributed by atoms with Crippen molar-refractivity contribution in [2.75, 3.05) is 20.6 Å². The average Bonchev–Trinajstić information content (AvgIpc) is 2.65. The first-order valence-electron chi connectivity index (χ1n) is 8.97. The van der Waals surface area contributed by atoms with Gasteiger partial charge in [-0.2, -0.15) is 17.4 Å². The zero-order valence-corrected chi connectivity index (χ0v) is 17.2. The lowest BCUT2D eigenvalue weighted by molar-refractivity contribution is 0.0733. The molecule has 0 unspecified atom stereocenters. The first kappa shape index (κ1) is 21.3. The molecular weight excluding hydrogens is 402 g/mol. The maximum absolute atomic E-state index is 13.4. The second-order valence-corrected chi connectivity index (χ2v) is 9.04. The number of fused-ring (bicyclic) bond motifs is 1. The van der Waals surface area contributed by atoms with E-state index in [0.717, 1.165) is 39.2 Å². The zero-order chi connectivity index (χ0) is 21.3. The Morgan fingerprint density at radius 2 is 1.90 bits per heavy atom. The number of rotatable bonds is 5. The number of halogens is 2. The molecule has 10 heteroatoms. The van der Waals surface area contributed by atoms with Gasteiger partial charge in [0.25, 0.3) is 16.1 Å². The third-order valence-corrected chi connectivity index (χ3v) is 6.37. The van der Waals surface area contributed by atoms with Crippen LogP contribution in [0.1, 0.15) is 32.7 Å². The molecular formula is C19H22F2N4O3S. The lowest BCUT2D eigenvalue weighted by Gasteiger charge is -2.30. The summed E-state index contributed by atoms with van der Waals surface area (Å²) >= 11 is 0. The number of amides is 1. The van der Waals surface area contributed by atoms with Gasteiger partial charge in [0, 0.05) is 57.3 Å². The summed E-state index contributed by atoms with van der Waals surface area (Å²) in [6.07, 6.45) is 2.14. The van der Waals surface area contributed by atoms with Gasteiger partial charge in [-0.25, -0.2) is 8.78 Å². The molecule has 0 fully saturated rings. The summed E-state index contributed by atoms with van der Waals surface area (Å²) in [7, 11) is -0.714. The summed E-state index contributed by atoms with van der Waals surface area (Å²) in [5, 5.41) is 0. The summed E-state index contributed by atoms with van der Waals surface area (Å²) in [5.41, 5.74) is 3.15. The van der Waals surface area contributed by atoms with E-state index in [-0.39, 0.29) is 18.7 Å². The first-order chi connectivity index (χ1) is 13.6. The van der Waals surface area contributed by atoms with Crippen LogP contribution in [0.2, 0.25) is 0 Å². The van der Waals surface area contributed by atoms with E-state index in [9.17, 15) is 22.0 Å². The number of aryl methyl sites for hydroxylation is 1. The predicted molar refractivity (Wildman–Crippen MR) is 103 cm³/mol. The number of nitrogens with one attached hydrogen (secondary N) is 1. The van der Waals surface area contributed by atoms with Crippen molar-refractivity contribution in [3.05, 3.63) is 64.0 Å². The Bertz CT molecular complexity index is 1040. The molecule has 2 aromatic rings. The molecule has 1 aromatic carbocycles. The van der Waals surface area contributed by atoms with Crippen LogP contribution >= 0.6 is 0 Å². The number of benzene rings is 1. The SMILES string of the molecule is Cc1ncc2c(c1CNS(=O)(=O)N(C)C)CCN(C(=O)c1cc(F)cc(F)c1)C2. The average molecular weight is 424 g/mol. The van der Waals surface area contributed by atoms with Crippen molar-refractivity contribution < 1.29 is 22.0 Å². The van der Waals surface area contributed by atoms with Gasteiger partial charge in [-0.05, 0) is 42.2 Å². The van der Waals surface area contributed by atoms with Crippen molar-refractivity contribution >= 4 is 16.1 Å². The molecule has 0 saturated carbocycles. The maximum atomic E-state index is 13.4. The molecule has 0 saturated heterocycles. The molecule has 0 radical (unpaired) electrons. The van der Waals surface area contributed by atoms with Crippen LogP contribution in [0.15, 0.2) is 24.4 Å². The molecule has 1 aromatic heterocycles. The van der Waals surface area contributed by atoms with Crippen LogP contribution < -0.4 is 4.72 Å². The Balaban J connectivity index is 1.83. The molecule has 7 nitrogen and oxygen atoms in total. The van der Waals surface area contributed by atoms with Gasteiger partial charge in [-0.15, -0.1) is 0 Å². The second-order valence-electron chi connectivity index (χ2n) is 7.07. The van der Waals surface area contributed by atoms with Crippen molar-refractivity contribution in [2.45, 2.75) is 26.4 Å². The van der Waals surface area contributed by atoms with Gasteiger partial charge in [-0.1, -0.05) is 0 Å². The number of hydrogen-bond donors (Lipinski definition) is 1. The summed E-state index contributed by atoms with van der Waals surface area (Å²) < 4.78 is 54.6. The fraction of sp³-hybridized carbons (Fsp3) is 0.368. The summed E-state index contributed by atoms with van der Waals surface area (Å²) in [4.78, 5) is 18.5. The van der Waals surface area contributed by atoms with Crippen LogP contribution in [0.5, 0.6) is 0 Å². The van der Waals surface area contributed by atoms with Gasteiger partial charge >= 0.3 is 0 Å². The normalized spacial score (nSPS) is 14.2. The van der Waals surface area contributed by atoms with Crippen LogP contribution in [-0.2, 0) is 29.7 Å². The van der Waals surface area contributed by atoms with Gasteiger partial charge < -0.3 is 4.90 Å². The predicted octanol–water partition coefficient (Wildman–Crippen LogP) is 1.76. The Kier molecular flexibility index (Phi) is 5.97. The van der Waals surface area contributed by atoms with Crippen LogP contribution in [0, 0.1) is 18.6 Å². The lowest BCUT2D eigenvalue weighted by Crippen LogP contribution is -2.38. The highest BCUT2D eigenvalue weighted by Crippen LogP contribution is 2.25. The minimum absolute atomic E-state index is 0.0509. The third-order valence-electron chi connectivity index (χ3n) is 4.90.